The van der Waals surface area contributed by atoms with Crippen LogP contribution in [0.25, 0.3) is 0 Å². The summed E-state index contributed by atoms with van der Waals surface area (Å²) in [5.41, 5.74) is -5.21. The van der Waals surface area contributed by atoms with Gasteiger partial charge in [0.05, 0.1) is 6.54 Å². The number of fused-ring (bicyclic) bond motifs is 1. The van der Waals surface area contributed by atoms with E-state index in [1.54, 1.807) is 0 Å². The van der Waals surface area contributed by atoms with Gasteiger partial charge in [0.25, 0.3) is 5.91 Å². The molecule has 1 aliphatic rings. The first-order valence-corrected chi connectivity index (χ1v) is 5.90. The van der Waals surface area contributed by atoms with Crippen molar-refractivity contribution < 1.29 is 26.4 Å². The molecule has 0 unspecified atom stereocenters. The Kier molecular flexibility index (Phi) is 2.42. The van der Waals surface area contributed by atoms with E-state index in [0.717, 1.165) is 0 Å². The number of nitrogens with zero attached hydrogens (tertiary/aromatic N) is 1. The summed E-state index contributed by atoms with van der Waals surface area (Å²) in [5, 5.41) is 0. The molecule has 1 aromatic rings. The van der Waals surface area contributed by atoms with E-state index in [4.69, 9.17) is 0 Å². The molecule has 92 valence electrons. The van der Waals surface area contributed by atoms with Gasteiger partial charge in [-0.3, -0.25) is 4.79 Å². The quantitative estimate of drug-likeness (QED) is 0.773. The van der Waals surface area contributed by atoms with Crippen molar-refractivity contribution in [2.45, 2.75) is 12.1 Å². The number of alkyl halides is 3. The predicted molar refractivity (Wildman–Crippen MR) is 51.3 cm³/mol. The molecule has 17 heavy (non-hydrogen) atoms. The maximum atomic E-state index is 12.3. The number of benzene rings is 1. The lowest BCUT2D eigenvalue weighted by molar-refractivity contribution is -0.0482. The largest absolute Gasteiger partial charge is 0.516 e. The van der Waals surface area contributed by atoms with E-state index in [0.29, 0.717) is 0 Å². The van der Waals surface area contributed by atoms with Crippen LogP contribution in [0.1, 0.15) is 15.9 Å². The highest BCUT2D eigenvalue weighted by atomic mass is 32.2. The molecule has 0 saturated heterocycles. The van der Waals surface area contributed by atoms with Gasteiger partial charge < -0.3 is 0 Å². The van der Waals surface area contributed by atoms with Crippen molar-refractivity contribution in [2.24, 2.45) is 0 Å². The van der Waals surface area contributed by atoms with Crippen LogP contribution in [0.4, 0.5) is 13.2 Å². The SMILES string of the molecule is O=C1c2ccccc2CN1S(=O)(=O)C(F)(F)F. The smallest absolute Gasteiger partial charge is 0.268 e. The van der Waals surface area contributed by atoms with Gasteiger partial charge in [0.15, 0.2) is 0 Å². The maximum absolute atomic E-state index is 12.3. The molecule has 0 fully saturated rings. The van der Waals surface area contributed by atoms with Gasteiger partial charge in [-0.25, -0.2) is 4.31 Å². The number of hydrogen-bond acceptors (Lipinski definition) is 3. The number of carbonyl (C=O) groups excluding carboxylic acids is 1. The minimum absolute atomic E-state index is 0.0136. The van der Waals surface area contributed by atoms with Crippen LogP contribution in [0.2, 0.25) is 0 Å². The Hall–Kier alpha value is -1.57. The Labute approximate surface area is 94.7 Å². The van der Waals surface area contributed by atoms with Crippen LogP contribution >= 0.6 is 0 Å². The maximum Gasteiger partial charge on any atom is 0.516 e. The fourth-order valence-corrected chi connectivity index (χ4v) is 2.42. The van der Waals surface area contributed by atoms with Crippen LogP contribution in [-0.2, 0) is 16.6 Å². The van der Waals surface area contributed by atoms with Crippen LogP contribution in [-0.4, -0.2) is 24.1 Å². The van der Waals surface area contributed by atoms with Gasteiger partial charge in [-0.05, 0) is 11.6 Å². The normalized spacial score (nSPS) is 16.2. The number of sulfonamides is 1. The molecule has 1 heterocycles. The Morgan fingerprint density at radius 2 is 1.76 bits per heavy atom. The summed E-state index contributed by atoms with van der Waals surface area (Å²) in [6.45, 7) is -0.573. The van der Waals surface area contributed by atoms with E-state index in [-0.39, 0.29) is 15.4 Å². The van der Waals surface area contributed by atoms with E-state index >= 15 is 0 Å². The van der Waals surface area contributed by atoms with Crippen LogP contribution in [0.3, 0.4) is 0 Å². The molecule has 0 N–H and O–H groups in total. The Morgan fingerprint density at radius 1 is 1.18 bits per heavy atom. The third-order valence-corrected chi connectivity index (χ3v) is 3.83. The molecule has 1 amide bonds. The molecule has 4 nitrogen and oxygen atoms in total. The summed E-state index contributed by atoms with van der Waals surface area (Å²) in [4.78, 5) is 11.5. The second kappa shape index (κ2) is 3.46. The van der Waals surface area contributed by atoms with E-state index < -0.39 is 28.0 Å². The van der Waals surface area contributed by atoms with Crippen LogP contribution in [0.5, 0.6) is 0 Å². The van der Waals surface area contributed by atoms with E-state index in [2.05, 4.69) is 0 Å². The van der Waals surface area contributed by atoms with Gasteiger partial charge in [-0.15, -0.1) is 0 Å². The summed E-state index contributed by atoms with van der Waals surface area (Å²) in [6.07, 6.45) is 0. The molecule has 2 rings (SSSR count). The molecule has 0 saturated carbocycles. The summed E-state index contributed by atoms with van der Waals surface area (Å²) in [6, 6.07) is 5.69. The molecule has 0 aliphatic carbocycles. The van der Waals surface area contributed by atoms with Crippen molar-refractivity contribution in [3.63, 3.8) is 0 Å². The molecule has 0 radical (unpaired) electrons. The zero-order chi connectivity index (χ0) is 12.8. The van der Waals surface area contributed by atoms with Gasteiger partial charge in [0, 0.05) is 5.56 Å². The first kappa shape index (κ1) is 11.9. The Balaban J connectivity index is 2.46. The van der Waals surface area contributed by atoms with Crippen molar-refractivity contribution in [3.05, 3.63) is 35.4 Å². The molecule has 8 heteroatoms. The number of carbonyl (C=O) groups is 1. The van der Waals surface area contributed by atoms with Gasteiger partial charge >= 0.3 is 15.5 Å². The monoisotopic (exact) mass is 265 g/mol. The molecular formula is C9H6F3NO3S. The van der Waals surface area contributed by atoms with E-state index in [1.807, 2.05) is 0 Å². The van der Waals surface area contributed by atoms with Crippen molar-refractivity contribution in [3.8, 4) is 0 Å². The van der Waals surface area contributed by atoms with Gasteiger partial charge in [-0.2, -0.15) is 21.6 Å². The first-order chi connectivity index (χ1) is 7.75. The molecule has 0 spiro atoms. The fourth-order valence-electron chi connectivity index (χ4n) is 1.55. The molecule has 0 atom stereocenters. The lowest BCUT2D eigenvalue weighted by Gasteiger charge is -2.17. The topological polar surface area (TPSA) is 54.5 Å². The zero-order valence-electron chi connectivity index (χ0n) is 8.23. The summed E-state index contributed by atoms with van der Waals surface area (Å²) in [5.74, 6) is -1.14. The standard InChI is InChI=1S/C9H6F3NO3S/c10-9(11,12)17(15,16)13-5-6-3-1-2-4-7(6)8(13)14/h1-4H,5H2. The lowest BCUT2D eigenvalue weighted by Crippen LogP contribution is -2.40. The second-order valence-corrected chi connectivity index (χ2v) is 5.27. The molecule has 0 aromatic heterocycles. The van der Waals surface area contributed by atoms with Crippen molar-refractivity contribution in [1.82, 2.24) is 4.31 Å². The highest BCUT2D eigenvalue weighted by Gasteiger charge is 2.53. The fraction of sp³-hybridized carbons (Fsp3) is 0.222. The van der Waals surface area contributed by atoms with E-state index in [1.165, 1.54) is 24.3 Å². The highest BCUT2D eigenvalue weighted by molar-refractivity contribution is 7.90. The molecular weight excluding hydrogens is 259 g/mol. The minimum Gasteiger partial charge on any atom is -0.268 e. The summed E-state index contributed by atoms with van der Waals surface area (Å²) in [7, 11) is -5.61. The van der Waals surface area contributed by atoms with Gasteiger partial charge in [-0.1, -0.05) is 18.2 Å². The average Bonchev–Trinajstić information content (AvgIpc) is 2.56. The van der Waals surface area contributed by atoms with Crippen molar-refractivity contribution in [1.29, 1.82) is 0 Å². The molecule has 1 aromatic carbocycles. The minimum atomic E-state index is -5.61. The predicted octanol–water partition coefficient (Wildman–Crippen LogP) is 1.49. The summed E-state index contributed by atoms with van der Waals surface area (Å²) < 4.78 is 59.0. The summed E-state index contributed by atoms with van der Waals surface area (Å²) >= 11 is 0. The van der Waals surface area contributed by atoms with Gasteiger partial charge in [0.1, 0.15) is 0 Å². The lowest BCUT2D eigenvalue weighted by atomic mass is 10.1. The zero-order valence-corrected chi connectivity index (χ0v) is 9.05. The van der Waals surface area contributed by atoms with Crippen molar-refractivity contribution in [2.75, 3.05) is 0 Å². The number of amides is 1. The Bertz CT molecular complexity index is 579. The second-order valence-electron chi connectivity index (χ2n) is 3.42. The van der Waals surface area contributed by atoms with Gasteiger partial charge in [0.2, 0.25) is 0 Å². The molecule has 1 aliphatic heterocycles. The van der Waals surface area contributed by atoms with Crippen LogP contribution in [0, 0.1) is 0 Å². The Morgan fingerprint density at radius 3 is 2.29 bits per heavy atom. The van der Waals surface area contributed by atoms with Crippen LogP contribution in [0.15, 0.2) is 24.3 Å². The third kappa shape index (κ3) is 1.68. The number of rotatable bonds is 1. The average molecular weight is 265 g/mol. The first-order valence-electron chi connectivity index (χ1n) is 4.46. The van der Waals surface area contributed by atoms with E-state index in [9.17, 15) is 26.4 Å². The highest BCUT2D eigenvalue weighted by Crippen LogP contribution is 2.33. The number of halogens is 3. The third-order valence-electron chi connectivity index (χ3n) is 2.37. The number of hydrogen-bond donors (Lipinski definition) is 0. The van der Waals surface area contributed by atoms with Crippen LogP contribution < -0.4 is 0 Å². The van der Waals surface area contributed by atoms with Crippen molar-refractivity contribution >= 4 is 15.9 Å². The molecule has 0 bridgehead atoms.